The van der Waals surface area contributed by atoms with Gasteiger partial charge in [-0.05, 0) is 62.6 Å². The first kappa shape index (κ1) is 16.5. The van der Waals surface area contributed by atoms with Crippen molar-refractivity contribution in [3.05, 3.63) is 35.4 Å². The fourth-order valence-corrected chi connectivity index (χ4v) is 3.09. The standard InChI is InChI=1S/C19H31NO/c1-3-12-20-18(15-19-7-5-6-13-21-19)14-17-10-8-16(4-2)9-11-17/h8-11,18-20H,3-7,12-15H2,1-2H3. The maximum Gasteiger partial charge on any atom is 0.0590 e. The molecule has 1 aromatic carbocycles. The van der Waals surface area contributed by atoms with Gasteiger partial charge in [0, 0.05) is 12.6 Å². The minimum absolute atomic E-state index is 0.461. The predicted molar refractivity (Wildman–Crippen MR) is 89.8 cm³/mol. The van der Waals surface area contributed by atoms with E-state index in [1.54, 1.807) is 0 Å². The SMILES string of the molecule is CCCNC(Cc1ccc(CC)cc1)CC1CCCCO1. The zero-order valence-corrected chi connectivity index (χ0v) is 13.7. The Kier molecular flexibility index (Phi) is 7.25. The molecule has 0 amide bonds. The van der Waals surface area contributed by atoms with Crippen molar-refractivity contribution in [1.29, 1.82) is 0 Å². The first-order chi connectivity index (χ1) is 10.3. The third-order valence-electron chi connectivity index (χ3n) is 4.42. The fraction of sp³-hybridized carbons (Fsp3) is 0.684. The van der Waals surface area contributed by atoms with Crippen LogP contribution in [0.5, 0.6) is 0 Å². The van der Waals surface area contributed by atoms with Gasteiger partial charge in [0.25, 0.3) is 0 Å². The largest absolute Gasteiger partial charge is 0.378 e. The summed E-state index contributed by atoms with van der Waals surface area (Å²) in [4.78, 5) is 0. The van der Waals surface area contributed by atoms with Crippen LogP contribution in [0, 0.1) is 0 Å². The lowest BCUT2D eigenvalue weighted by Crippen LogP contribution is -2.36. The van der Waals surface area contributed by atoms with Gasteiger partial charge in [0.05, 0.1) is 6.10 Å². The molecule has 1 fully saturated rings. The monoisotopic (exact) mass is 289 g/mol. The first-order valence-electron chi connectivity index (χ1n) is 8.74. The average molecular weight is 289 g/mol. The normalized spacial score (nSPS) is 20.4. The van der Waals surface area contributed by atoms with E-state index in [1.165, 1.54) is 36.8 Å². The Labute approximate surface area is 130 Å². The number of hydrogen-bond acceptors (Lipinski definition) is 2. The fourth-order valence-electron chi connectivity index (χ4n) is 3.09. The van der Waals surface area contributed by atoms with Gasteiger partial charge in [-0.15, -0.1) is 0 Å². The molecule has 1 aliphatic rings. The van der Waals surface area contributed by atoms with Crippen LogP contribution in [0.25, 0.3) is 0 Å². The lowest BCUT2D eigenvalue weighted by molar-refractivity contribution is 0.00526. The molecule has 1 aromatic rings. The summed E-state index contributed by atoms with van der Waals surface area (Å²) in [6.45, 7) is 6.50. The van der Waals surface area contributed by atoms with Crippen LogP contribution in [0.4, 0.5) is 0 Å². The summed E-state index contributed by atoms with van der Waals surface area (Å²) in [6, 6.07) is 9.66. The van der Waals surface area contributed by atoms with Crippen molar-refractivity contribution in [2.75, 3.05) is 13.2 Å². The third kappa shape index (κ3) is 5.80. The van der Waals surface area contributed by atoms with Gasteiger partial charge in [-0.2, -0.15) is 0 Å². The molecule has 2 nitrogen and oxygen atoms in total. The average Bonchev–Trinajstić information content (AvgIpc) is 2.54. The molecule has 21 heavy (non-hydrogen) atoms. The summed E-state index contributed by atoms with van der Waals surface area (Å²) in [6.07, 6.45) is 8.84. The molecule has 0 radical (unpaired) electrons. The molecule has 2 unspecified atom stereocenters. The Hall–Kier alpha value is -0.860. The second-order valence-corrected chi connectivity index (χ2v) is 6.25. The van der Waals surface area contributed by atoms with Gasteiger partial charge in [-0.25, -0.2) is 0 Å². The van der Waals surface area contributed by atoms with Crippen molar-refractivity contribution in [1.82, 2.24) is 5.32 Å². The summed E-state index contributed by atoms with van der Waals surface area (Å²) in [5.41, 5.74) is 2.86. The van der Waals surface area contributed by atoms with Crippen molar-refractivity contribution in [3.63, 3.8) is 0 Å². The zero-order valence-electron chi connectivity index (χ0n) is 13.7. The van der Waals surface area contributed by atoms with Crippen LogP contribution in [0.3, 0.4) is 0 Å². The molecule has 1 aliphatic heterocycles. The van der Waals surface area contributed by atoms with E-state index in [9.17, 15) is 0 Å². The van der Waals surface area contributed by atoms with Crippen molar-refractivity contribution in [2.24, 2.45) is 0 Å². The summed E-state index contributed by atoms with van der Waals surface area (Å²) in [5.74, 6) is 0. The first-order valence-corrected chi connectivity index (χ1v) is 8.74. The van der Waals surface area contributed by atoms with Gasteiger partial charge in [0.15, 0.2) is 0 Å². The molecule has 0 saturated carbocycles. The summed E-state index contributed by atoms with van der Waals surface area (Å²) in [7, 11) is 0. The lowest BCUT2D eigenvalue weighted by Gasteiger charge is -2.28. The van der Waals surface area contributed by atoms with Crippen molar-refractivity contribution < 1.29 is 4.74 Å². The number of benzene rings is 1. The molecule has 0 bridgehead atoms. The summed E-state index contributed by atoms with van der Waals surface area (Å²) < 4.78 is 5.92. The molecule has 2 rings (SSSR count). The molecule has 0 aromatic heterocycles. The van der Waals surface area contributed by atoms with Crippen molar-refractivity contribution in [3.8, 4) is 0 Å². The van der Waals surface area contributed by atoms with Gasteiger partial charge in [-0.3, -0.25) is 0 Å². The lowest BCUT2D eigenvalue weighted by atomic mass is 9.96. The zero-order chi connectivity index (χ0) is 14.9. The van der Waals surface area contributed by atoms with E-state index < -0.39 is 0 Å². The molecular weight excluding hydrogens is 258 g/mol. The van der Waals surface area contributed by atoms with Crippen LogP contribution >= 0.6 is 0 Å². The molecule has 2 atom stereocenters. The van der Waals surface area contributed by atoms with Crippen LogP contribution in [-0.4, -0.2) is 25.3 Å². The Balaban J connectivity index is 1.90. The van der Waals surface area contributed by atoms with E-state index in [-0.39, 0.29) is 0 Å². The molecule has 2 heteroatoms. The predicted octanol–water partition coefficient (Wildman–Crippen LogP) is 4.12. The molecule has 1 heterocycles. The number of nitrogens with one attached hydrogen (secondary N) is 1. The molecule has 1 N–H and O–H groups in total. The van der Waals surface area contributed by atoms with Gasteiger partial charge in [0.2, 0.25) is 0 Å². The van der Waals surface area contributed by atoms with Crippen LogP contribution in [-0.2, 0) is 17.6 Å². The topological polar surface area (TPSA) is 21.3 Å². The van der Waals surface area contributed by atoms with Gasteiger partial charge >= 0.3 is 0 Å². The molecule has 0 spiro atoms. The number of aryl methyl sites for hydroxylation is 1. The smallest absolute Gasteiger partial charge is 0.0590 e. The Morgan fingerprint density at radius 2 is 1.90 bits per heavy atom. The maximum absolute atomic E-state index is 5.92. The molecular formula is C19H31NO. The van der Waals surface area contributed by atoms with E-state index in [1.807, 2.05) is 0 Å². The minimum Gasteiger partial charge on any atom is -0.378 e. The highest BCUT2D eigenvalue weighted by Gasteiger charge is 2.19. The quantitative estimate of drug-likeness (QED) is 0.777. The van der Waals surface area contributed by atoms with Gasteiger partial charge in [-0.1, -0.05) is 38.1 Å². The van der Waals surface area contributed by atoms with E-state index in [2.05, 4.69) is 43.4 Å². The molecule has 1 saturated heterocycles. The van der Waals surface area contributed by atoms with Crippen LogP contribution in [0.15, 0.2) is 24.3 Å². The highest BCUT2D eigenvalue weighted by molar-refractivity contribution is 5.23. The number of rotatable bonds is 8. The van der Waals surface area contributed by atoms with Crippen molar-refractivity contribution >= 4 is 0 Å². The van der Waals surface area contributed by atoms with Crippen LogP contribution in [0.1, 0.15) is 57.1 Å². The summed E-state index contributed by atoms with van der Waals surface area (Å²) in [5, 5.41) is 3.71. The van der Waals surface area contributed by atoms with E-state index in [4.69, 9.17) is 4.74 Å². The molecule has 0 aliphatic carbocycles. The number of hydrogen-bond donors (Lipinski definition) is 1. The minimum atomic E-state index is 0.461. The van der Waals surface area contributed by atoms with Gasteiger partial charge in [0.1, 0.15) is 0 Å². The van der Waals surface area contributed by atoms with Crippen LogP contribution in [0.2, 0.25) is 0 Å². The second-order valence-electron chi connectivity index (χ2n) is 6.25. The second kappa shape index (κ2) is 9.22. The third-order valence-corrected chi connectivity index (χ3v) is 4.42. The Bertz CT molecular complexity index is 381. The maximum atomic E-state index is 5.92. The Morgan fingerprint density at radius 3 is 2.52 bits per heavy atom. The van der Waals surface area contributed by atoms with E-state index in [0.29, 0.717) is 12.1 Å². The van der Waals surface area contributed by atoms with Gasteiger partial charge < -0.3 is 10.1 Å². The molecule has 118 valence electrons. The van der Waals surface area contributed by atoms with E-state index >= 15 is 0 Å². The highest BCUT2D eigenvalue weighted by Crippen LogP contribution is 2.19. The highest BCUT2D eigenvalue weighted by atomic mass is 16.5. The number of ether oxygens (including phenoxy) is 1. The van der Waals surface area contributed by atoms with E-state index in [0.717, 1.165) is 32.4 Å². The summed E-state index contributed by atoms with van der Waals surface area (Å²) >= 11 is 0. The van der Waals surface area contributed by atoms with Crippen LogP contribution < -0.4 is 5.32 Å². The Morgan fingerprint density at radius 1 is 1.14 bits per heavy atom. The van der Waals surface area contributed by atoms with Crippen molar-refractivity contribution in [2.45, 2.75) is 70.9 Å².